The average Bonchev–Trinajstić information content (AvgIpc) is 2.58. The third-order valence-corrected chi connectivity index (χ3v) is 4.07. The first-order valence-corrected chi connectivity index (χ1v) is 8.79. The van der Waals surface area contributed by atoms with E-state index in [1.165, 1.54) is 31.2 Å². The molecule has 1 heterocycles. The van der Waals surface area contributed by atoms with Gasteiger partial charge in [0.05, 0.1) is 25.9 Å². The predicted octanol–water partition coefficient (Wildman–Crippen LogP) is 4.90. The number of ether oxygens (including phenoxy) is 3. The molecule has 3 nitrogen and oxygen atoms in total. The van der Waals surface area contributed by atoms with Crippen LogP contribution in [-0.4, -0.2) is 25.9 Å². The summed E-state index contributed by atoms with van der Waals surface area (Å²) in [5, 5.41) is 0. The van der Waals surface area contributed by atoms with E-state index in [9.17, 15) is 0 Å². The molecular weight excluding hydrogens is 276 g/mol. The van der Waals surface area contributed by atoms with Crippen molar-refractivity contribution in [2.24, 2.45) is 0 Å². The van der Waals surface area contributed by atoms with Crippen molar-refractivity contribution in [3.63, 3.8) is 0 Å². The summed E-state index contributed by atoms with van der Waals surface area (Å²) < 4.78 is 17.6. The third-order valence-electron chi connectivity index (χ3n) is 4.07. The van der Waals surface area contributed by atoms with E-state index in [-0.39, 0.29) is 12.2 Å². The maximum atomic E-state index is 5.99. The zero-order chi connectivity index (χ0) is 15.6. The van der Waals surface area contributed by atoms with Gasteiger partial charge < -0.3 is 14.2 Å². The van der Waals surface area contributed by atoms with Crippen LogP contribution in [0.5, 0.6) is 5.75 Å². The largest absolute Gasteiger partial charge is 0.494 e. The first-order valence-electron chi connectivity index (χ1n) is 8.79. The summed E-state index contributed by atoms with van der Waals surface area (Å²) >= 11 is 0. The highest BCUT2D eigenvalue weighted by atomic mass is 16.6. The Balaban J connectivity index is 1.72. The highest BCUT2D eigenvalue weighted by Crippen LogP contribution is 2.26. The van der Waals surface area contributed by atoms with Crippen molar-refractivity contribution >= 4 is 0 Å². The second-order valence-electron chi connectivity index (χ2n) is 6.04. The summed E-state index contributed by atoms with van der Waals surface area (Å²) in [7, 11) is 0. The van der Waals surface area contributed by atoms with Gasteiger partial charge in [0, 0.05) is 0 Å². The van der Waals surface area contributed by atoms with E-state index in [1.54, 1.807) is 0 Å². The SMILES string of the molecule is CCCCCC[C@@H]1CO[C@@H](c2ccc(OCCC)cc2)CO1. The lowest BCUT2D eigenvalue weighted by Gasteiger charge is -2.30. The summed E-state index contributed by atoms with van der Waals surface area (Å²) in [6.45, 7) is 6.49. The van der Waals surface area contributed by atoms with Crippen LogP contribution >= 0.6 is 0 Å². The molecule has 2 rings (SSSR count). The molecule has 1 aliphatic heterocycles. The molecule has 3 heteroatoms. The molecular formula is C19H30O3. The molecule has 0 aromatic heterocycles. The van der Waals surface area contributed by atoms with Crippen LogP contribution in [0.25, 0.3) is 0 Å². The minimum absolute atomic E-state index is 0.0621. The molecule has 124 valence electrons. The Hall–Kier alpha value is -1.06. The zero-order valence-electron chi connectivity index (χ0n) is 14.1. The van der Waals surface area contributed by atoms with Gasteiger partial charge in [-0.25, -0.2) is 0 Å². The highest BCUT2D eigenvalue weighted by Gasteiger charge is 2.23. The van der Waals surface area contributed by atoms with E-state index in [1.807, 2.05) is 12.1 Å². The Labute approximate surface area is 135 Å². The quantitative estimate of drug-likeness (QED) is 0.607. The molecule has 1 aromatic rings. The smallest absolute Gasteiger partial charge is 0.119 e. The lowest BCUT2D eigenvalue weighted by atomic mass is 10.1. The fourth-order valence-electron chi connectivity index (χ4n) is 2.70. The predicted molar refractivity (Wildman–Crippen MR) is 89.4 cm³/mol. The summed E-state index contributed by atoms with van der Waals surface area (Å²) in [6.07, 6.45) is 7.64. The molecule has 1 aromatic carbocycles. The number of hydrogen-bond acceptors (Lipinski definition) is 3. The lowest BCUT2D eigenvalue weighted by molar-refractivity contribution is -0.137. The molecule has 0 saturated carbocycles. The minimum atomic E-state index is 0.0621. The van der Waals surface area contributed by atoms with Crippen molar-refractivity contribution in [1.82, 2.24) is 0 Å². The molecule has 0 unspecified atom stereocenters. The van der Waals surface area contributed by atoms with Gasteiger partial charge in [0.2, 0.25) is 0 Å². The molecule has 1 fully saturated rings. The van der Waals surface area contributed by atoms with E-state index in [2.05, 4.69) is 26.0 Å². The van der Waals surface area contributed by atoms with Crippen molar-refractivity contribution in [3.8, 4) is 5.75 Å². The van der Waals surface area contributed by atoms with Gasteiger partial charge in [0.1, 0.15) is 11.9 Å². The molecule has 0 amide bonds. The number of hydrogen-bond donors (Lipinski definition) is 0. The number of rotatable bonds is 9. The first kappa shape index (κ1) is 17.3. The third kappa shape index (κ3) is 5.62. The number of benzene rings is 1. The van der Waals surface area contributed by atoms with E-state index in [0.29, 0.717) is 13.2 Å². The van der Waals surface area contributed by atoms with Crippen molar-refractivity contribution in [2.45, 2.75) is 64.6 Å². The van der Waals surface area contributed by atoms with Crippen LogP contribution in [0.1, 0.15) is 64.0 Å². The standard InChI is InChI=1S/C19H30O3/c1-3-5-6-7-8-18-14-22-19(15-21-18)16-9-11-17(12-10-16)20-13-4-2/h9-12,18-19H,3-8,13-15H2,1-2H3/t18-,19-/m1/s1. The van der Waals surface area contributed by atoms with Crippen LogP contribution in [0.15, 0.2) is 24.3 Å². The van der Waals surface area contributed by atoms with Gasteiger partial charge in [-0.2, -0.15) is 0 Å². The highest BCUT2D eigenvalue weighted by molar-refractivity contribution is 5.28. The molecule has 0 aliphatic carbocycles. The topological polar surface area (TPSA) is 27.7 Å². The van der Waals surface area contributed by atoms with E-state index >= 15 is 0 Å². The van der Waals surface area contributed by atoms with Crippen LogP contribution in [0.4, 0.5) is 0 Å². The maximum Gasteiger partial charge on any atom is 0.119 e. The summed E-state index contributed by atoms with van der Waals surface area (Å²) in [4.78, 5) is 0. The monoisotopic (exact) mass is 306 g/mol. The van der Waals surface area contributed by atoms with Gasteiger partial charge >= 0.3 is 0 Å². The summed E-state index contributed by atoms with van der Waals surface area (Å²) in [5.74, 6) is 0.927. The van der Waals surface area contributed by atoms with E-state index < -0.39 is 0 Å². The Bertz CT molecular complexity index is 394. The minimum Gasteiger partial charge on any atom is -0.494 e. The fourth-order valence-corrected chi connectivity index (χ4v) is 2.70. The first-order chi connectivity index (χ1) is 10.8. The van der Waals surface area contributed by atoms with Crippen molar-refractivity contribution in [2.75, 3.05) is 19.8 Å². The lowest BCUT2D eigenvalue weighted by Crippen LogP contribution is -2.31. The average molecular weight is 306 g/mol. The van der Waals surface area contributed by atoms with Crippen molar-refractivity contribution in [1.29, 1.82) is 0 Å². The van der Waals surface area contributed by atoms with Gasteiger partial charge in [0.25, 0.3) is 0 Å². The Morgan fingerprint density at radius 2 is 1.77 bits per heavy atom. The van der Waals surface area contributed by atoms with E-state index in [0.717, 1.165) is 25.2 Å². The van der Waals surface area contributed by atoms with Crippen LogP contribution in [0.3, 0.4) is 0 Å². The summed E-state index contributed by atoms with van der Waals surface area (Å²) in [6, 6.07) is 8.21. The maximum absolute atomic E-state index is 5.99. The molecule has 0 N–H and O–H groups in total. The molecule has 1 aliphatic rings. The van der Waals surface area contributed by atoms with Gasteiger partial charge in [-0.05, 0) is 30.5 Å². The normalized spacial score (nSPS) is 21.7. The van der Waals surface area contributed by atoms with Crippen LogP contribution in [0, 0.1) is 0 Å². The Kier molecular flexibility index (Phi) is 7.75. The van der Waals surface area contributed by atoms with Crippen LogP contribution in [-0.2, 0) is 9.47 Å². The van der Waals surface area contributed by atoms with Crippen molar-refractivity contribution < 1.29 is 14.2 Å². The van der Waals surface area contributed by atoms with Crippen LogP contribution in [0.2, 0.25) is 0 Å². The fraction of sp³-hybridized carbons (Fsp3) is 0.684. The molecule has 1 saturated heterocycles. The van der Waals surface area contributed by atoms with Crippen molar-refractivity contribution in [3.05, 3.63) is 29.8 Å². The van der Waals surface area contributed by atoms with Crippen LogP contribution < -0.4 is 4.74 Å². The molecule has 2 atom stereocenters. The second-order valence-corrected chi connectivity index (χ2v) is 6.04. The number of unbranched alkanes of at least 4 members (excludes halogenated alkanes) is 3. The Morgan fingerprint density at radius 1 is 0.955 bits per heavy atom. The van der Waals surface area contributed by atoms with Gasteiger partial charge in [0.15, 0.2) is 0 Å². The van der Waals surface area contributed by atoms with E-state index in [4.69, 9.17) is 14.2 Å². The van der Waals surface area contributed by atoms with Gasteiger partial charge in [-0.1, -0.05) is 51.7 Å². The molecule has 22 heavy (non-hydrogen) atoms. The molecule has 0 bridgehead atoms. The molecule has 0 radical (unpaired) electrons. The van der Waals surface area contributed by atoms with Gasteiger partial charge in [-0.3, -0.25) is 0 Å². The zero-order valence-corrected chi connectivity index (χ0v) is 14.1. The molecule has 0 spiro atoms. The Morgan fingerprint density at radius 3 is 2.41 bits per heavy atom. The van der Waals surface area contributed by atoms with Gasteiger partial charge in [-0.15, -0.1) is 0 Å². The second kappa shape index (κ2) is 9.86. The summed E-state index contributed by atoms with van der Waals surface area (Å²) in [5.41, 5.74) is 1.17.